The summed E-state index contributed by atoms with van der Waals surface area (Å²) in [6, 6.07) is 0. The van der Waals surface area contributed by atoms with Gasteiger partial charge in [-0.3, -0.25) is 4.90 Å². The van der Waals surface area contributed by atoms with Crippen molar-refractivity contribution in [3.05, 3.63) is 11.5 Å². The molecule has 20 heavy (non-hydrogen) atoms. The Morgan fingerprint density at radius 2 is 1.95 bits per heavy atom. The van der Waals surface area contributed by atoms with Crippen LogP contribution < -0.4 is 10.2 Å². The zero-order valence-corrected chi connectivity index (χ0v) is 13.0. The summed E-state index contributed by atoms with van der Waals surface area (Å²) in [4.78, 5) is 12.8. The summed E-state index contributed by atoms with van der Waals surface area (Å²) in [6.45, 7) is 7.87. The van der Waals surface area contributed by atoms with Crippen molar-refractivity contribution in [3.63, 3.8) is 0 Å². The van der Waals surface area contributed by atoms with Crippen molar-refractivity contribution < 1.29 is 5.11 Å². The Bertz CT molecular complexity index is 455. The number of nitrogens with zero attached hydrogens (tertiary/aromatic N) is 4. The number of hydrogen-bond acceptors (Lipinski definition) is 6. The van der Waals surface area contributed by atoms with Crippen LogP contribution in [0.3, 0.4) is 0 Å². The number of hydrogen-bond donors (Lipinski definition) is 2. The molecule has 112 valence electrons. The number of aliphatic hydroxyl groups is 1. The second-order valence-corrected chi connectivity index (χ2v) is 6.05. The zero-order chi connectivity index (χ0) is 14.8. The molecule has 7 heteroatoms. The van der Waals surface area contributed by atoms with Gasteiger partial charge in [-0.2, -0.15) is 0 Å². The molecule has 2 heterocycles. The maximum absolute atomic E-state index is 9.87. The molecular weight excluding hydrogens is 278 g/mol. The highest BCUT2D eigenvalue weighted by molar-refractivity contribution is 6.32. The summed E-state index contributed by atoms with van der Waals surface area (Å²) >= 11 is 6.08. The van der Waals surface area contributed by atoms with Gasteiger partial charge in [0.25, 0.3) is 0 Å². The standard InChI is InChI=1S/C13H22ClN5O/c1-13(2,20)8-18-4-6-19(7-5-18)12-10(15-3)11(14)16-9-17-12/h9,15,20H,4-8H2,1-3H3. The number of rotatable bonds is 4. The van der Waals surface area contributed by atoms with E-state index >= 15 is 0 Å². The van der Waals surface area contributed by atoms with E-state index in [-0.39, 0.29) is 0 Å². The summed E-state index contributed by atoms with van der Waals surface area (Å²) in [5, 5.41) is 13.4. The molecule has 1 aliphatic heterocycles. The van der Waals surface area contributed by atoms with Gasteiger partial charge in [-0.25, -0.2) is 9.97 Å². The lowest BCUT2D eigenvalue weighted by Crippen LogP contribution is -2.50. The molecule has 0 bridgehead atoms. The van der Waals surface area contributed by atoms with Crippen LogP contribution in [0.25, 0.3) is 0 Å². The van der Waals surface area contributed by atoms with Gasteiger partial charge in [0.2, 0.25) is 0 Å². The lowest BCUT2D eigenvalue weighted by Gasteiger charge is -2.38. The van der Waals surface area contributed by atoms with Crippen LogP contribution >= 0.6 is 11.6 Å². The van der Waals surface area contributed by atoms with Gasteiger partial charge in [0, 0.05) is 39.8 Å². The van der Waals surface area contributed by atoms with Crippen molar-refractivity contribution in [1.29, 1.82) is 0 Å². The highest BCUT2D eigenvalue weighted by Gasteiger charge is 2.24. The molecule has 0 radical (unpaired) electrons. The minimum atomic E-state index is -0.656. The Morgan fingerprint density at radius 1 is 1.30 bits per heavy atom. The van der Waals surface area contributed by atoms with Crippen molar-refractivity contribution in [2.75, 3.05) is 50.0 Å². The molecule has 6 nitrogen and oxygen atoms in total. The van der Waals surface area contributed by atoms with E-state index in [0.717, 1.165) is 37.7 Å². The normalized spacial score (nSPS) is 17.4. The van der Waals surface area contributed by atoms with Crippen molar-refractivity contribution in [2.45, 2.75) is 19.4 Å². The van der Waals surface area contributed by atoms with Crippen molar-refractivity contribution in [1.82, 2.24) is 14.9 Å². The van der Waals surface area contributed by atoms with Gasteiger partial charge < -0.3 is 15.3 Å². The van der Waals surface area contributed by atoms with Gasteiger partial charge in [0.15, 0.2) is 11.0 Å². The first-order chi connectivity index (χ1) is 9.40. The Hall–Kier alpha value is -1.11. The van der Waals surface area contributed by atoms with Crippen molar-refractivity contribution in [2.24, 2.45) is 0 Å². The third kappa shape index (κ3) is 3.71. The first kappa shape index (κ1) is 15.3. The zero-order valence-electron chi connectivity index (χ0n) is 12.2. The molecule has 2 rings (SSSR count). The fourth-order valence-electron chi connectivity index (χ4n) is 2.48. The number of β-amino-alcohol motifs (C(OH)–C–C–N with tert-alkyl or cyclic N) is 1. The molecular formula is C13H22ClN5O. The average molecular weight is 300 g/mol. The number of anilines is 2. The van der Waals surface area contributed by atoms with Crippen LogP contribution in [-0.4, -0.2) is 65.3 Å². The molecule has 1 aromatic heterocycles. The smallest absolute Gasteiger partial charge is 0.157 e. The average Bonchev–Trinajstić information content (AvgIpc) is 2.37. The number of piperazine rings is 1. The van der Waals surface area contributed by atoms with Crippen molar-refractivity contribution in [3.8, 4) is 0 Å². The molecule has 1 aliphatic rings. The van der Waals surface area contributed by atoms with Crippen LogP contribution in [0, 0.1) is 0 Å². The molecule has 0 spiro atoms. The second kappa shape index (κ2) is 6.11. The molecule has 2 N–H and O–H groups in total. The Labute approximate surface area is 124 Å². The Morgan fingerprint density at radius 3 is 2.50 bits per heavy atom. The fraction of sp³-hybridized carbons (Fsp3) is 0.692. The molecule has 0 unspecified atom stereocenters. The predicted molar refractivity (Wildman–Crippen MR) is 81.5 cm³/mol. The van der Waals surface area contributed by atoms with E-state index in [2.05, 4.69) is 25.1 Å². The van der Waals surface area contributed by atoms with Gasteiger partial charge in [-0.15, -0.1) is 0 Å². The van der Waals surface area contributed by atoms with Crippen LogP contribution in [0.5, 0.6) is 0 Å². The van der Waals surface area contributed by atoms with E-state index in [4.69, 9.17) is 11.6 Å². The first-order valence-electron chi connectivity index (χ1n) is 6.78. The van der Waals surface area contributed by atoms with Crippen molar-refractivity contribution >= 4 is 23.1 Å². The molecule has 0 amide bonds. The predicted octanol–water partition coefficient (Wildman–Crippen LogP) is 1.06. The van der Waals surface area contributed by atoms with E-state index < -0.39 is 5.60 Å². The largest absolute Gasteiger partial charge is 0.389 e. The molecule has 1 aromatic rings. The van der Waals surface area contributed by atoms with E-state index in [9.17, 15) is 5.11 Å². The van der Waals surface area contributed by atoms with Crippen LogP contribution in [0.2, 0.25) is 5.15 Å². The van der Waals surface area contributed by atoms with Gasteiger partial charge in [-0.05, 0) is 13.8 Å². The maximum Gasteiger partial charge on any atom is 0.157 e. The van der Waals surface area contributed by atoms with Crippen LogP contribution in [0.4, 0.5) is 11.5 Å². The summed E-state index contributed by atoms with van der Waals surface area (Å²) < 4.78 is 0. The fourth-order valence-corrected chi connectivity index (χ4v) is 2.70. The van der Waals surface area contributed by atoms with E-state index in [1.54, 1.807) is 0 Å². The van der Waals surface area contributed by atoms with Gasteiger partial charge in [-0.1, -0.05) is 11.6 Å². The Kier molecular flexibility index (Phi) is 4.67. The SMILES string of the molecule is CNc1c(Cl)ncnc1N1CCN(CC(C)(C)O)CC1. The molecule has 1 saturated heterocycles. The monoisotopic (exact) mass is 299 g/mol. The maximum atomic E-state index is 9.87. The quantitative estimate of drug-likeness (QED) is 0.811. The molecule has 0 saturated carbocycles. The number of aromatic nitrogens is 2. The Balaban J connectivity index is 2.02. The summed E-state index contributed by atoms with van der Waals surface area (Å²) in [7, 11) is 1.82. The highest BCUT2D eigenvalue weighted by atomic mass is 35.5. The summed E-state index contributed by atoms with van der Waals surface area (Å²) in [5.41, 5.74) is 0.112. The van der Waals surface area contributed by atoms with Gasteiger partial charge in [0.1, 0.15) is 12.0 Å². The van der Waals surface area contributed by atoms with E-state index in [1.165, 1.54) is 6.33 Å². The van der Waals surface area contributed by atoms with Crippen LogP contribution in [-0.2, 0) is 0 Å². The third-order valence-corrected chi connectivity index (χ3v) is 3.60. The first-order valence-corrected chi connectivity index (χ1v) is 7.16. The molecule has 0 aromatic carbocycles. The van der Waals surface area contributed by atoms with E-state index in [1.807, 2.05) is 20.9 Å². The number of halogens is 1. The molecule has 1 fully saturated rings. The lowest BCUT2D eigenvalue weighted by molar-refractivity contribution is 0.0345. The minimum Gasteiger partial charge on any atom is -0.389 e. The lowest BCUT2D eigenvalue weighted by atomic mass is 10.1. The molecule has 0 aliphatic carbocycles. The topological polar surface area (TPSA) is 64.5 Å². The van der Waals surface area contributed by atoms with Crippen LogP contribution in [0.15, 0.2) is 6.33 Å². The number of nitrogens with one attached hydrogen (secondary N) is 1. The molecule has 0 atom stereocenters. The minimum absolute atomic E-state index is 0.441. The van der Waals surface area contributed by atoms with E-state index in [0.29, 0.717) is 11.7 Å². The van der Waals surface area contributed by atoms with Crippen LogP contribution in [0.1, 0.15) is 13.8 Å². The van der Waals surface area contributed by atoms with Gasteiger partial charge >= 0.3 is 0 Å². The second-order valence-electron chi connectivity index (χ2n) is 5.69. The van der Waals surface area contributed by atoms with Gasteiger partial charge in [0.05, 0.1) is 5.60 Å². The summed E-state index contributed by atoms with van der Waals surface area (Å²) in [5.74, 6) is 0.843. The highest BCUT2D eigenvalue weighted by Crippen LogP contribution is 2.29. The summed E-state index contributed by atoms with van der Waals surface area (Å²) in [6.07, 6.45) is 1.49. The third-order valence-electron chi connectivity index (χ3n) is 3.31.